The zero-order valence-electron chi connectivity index (χ0n) is 8.26. The molecule has 1 nitrogen and oxygen atoms in total. The van der Waals surface area contributed by atoms with Gasteiger partial charge in [-0.3, -0.25) is 0 Å². The maximum absolute atomic E-state index is 4.26. The lowest BCUT2D eigenvalue weighted by Crippen LogP contribution is -1.67. The van der Waals surface area contributed by atoms with Gasteiger partial charge in [0.25, 0.3) is 0 Å². The molecule has 70 valence electrons. The first kappa shape index (κ1) is 10.2. The van der Waals surface area contributed by atoms with Crippen molar-refractivity contribution in [3.8, 4) is 0 Å². The summed E-state index contributed by atoms with van der Waals surface area (Å²) in [5.74, 6) is 0. The number of benzene rings is 1. The van der Waals surface area contributed by atoms with Crippen molar-refractivity contribution < 1.29 is 0 Å². The average Bonchev–Trinajstić information content (AvgIpc) is 2.48. The predicted molar refractivity (Wildman–Crippen MR) is 61.6 cm³/mol. The van der Waals surface area contributed by atoms with Gasteiger partial charge < -0.3 is 4.98 Å². The van der Waals surface area contributed by atoms with Crippen molar-refractivity contribution in [2.45, 2.75) is 25.7 Å². The molecule has 0 amide bonds. The molecule has 0 fully saturated rings. The van der Waals surface area contributed by atoms with Crippen molar-refractivity contribution >= 4 is 23.5 Å². The van der Waals surface area contributed by atoms with Gasteiger partial charge in [-0.1, -0.05) is 13.8 Å². The first-order valence-corrected chi connectivity index (χ1v) is 4.99. The molecule has 1 N–H and O–H groups in total. The summed E-state index contributed by atoms with van der Waals surface area (Å²) in [4.78, 5) is 4.26. The van der Waals surface area contributed by atoms with Gasteiger partial charge in [0, 0.05) is 21.5 Å². The Morgan fingerprint density at radius 2 is 1.85 bits per heavy atom. The Morgan fingerprint density at radius 3 is 2.54 bits per heavy atom. The Labute approximate surface area is 84.6 Å². The fraction of sp³-hybridized carbons (Fsp3) is 0.273. The van der Waals surface area contributed by atoms with Gasteiger partial charge in [0.1, 0.15) is 0 Å². The highest BCUT2D eigenvalue weighted by molar-refractivity contribution is 7.80. The lowest BCUT2D eigenvalue weighted by molar-refractivity contribution is 1.30. The monoisotopic (exact) mass is 193 g/mol. The summed E-state index contributed by atoms with van der Waals surface area (Å²) in [6.07, 6.45) is 0. The van der Waals surface area contributed by atoms with E-state index in [1.165, 1.54) is 16.6 Å². The summed E-state index contributed by atoms with van der Waals surface area (Å²) in [5.41, 5.74) is 2.37. The highest BCUT2D eigenvalue weighted by Gasteiger charge is 1.95. The molecule has 0 saturated carbocycles. The van der Waals surface area contributed by atoms with Gasteiger partial charge in [-0.2, -0.15) is 0 Å². The van der Waals surface area contributed by atoms with Crippen molar-refractivity contribution in [3.05, 3.63) is 30.0 Å². The molecule has 2 heteroatoms. The lowest BCUT2D eigenvalue weighted by Gasteiger charge is -1.89. The van der Waals surface area contributed by atoms with E-state index in [1.54, 1.807) is 0 Å². The number of aryl methyl sites for hydroxylation is 1. The van der Waals surface area contributed by atoms with Crippen LogP contribution in [0.1, 0.15) is 19.5 Å². The fourth-order valence-electron chi connectivity index (χ4n) is 1.27. The van der Waals surface area contributed by atoms with Gasteiger partial charge in [-0.15, -0.1) is 12.6 Å². The number of hydrogen-bond acceptors (Lipinski definition) is 1. The van der Waals surface area contributed by atoms with Crippen LogP contribution in [-0.4, -0.2) is 4.98 Å². The Bertz CT molecular complexity index is 390. The molecule has 0 bridgehead atoms. The van der Waals surface area contributed by atoms with Crippen LogP contribution in [0.2, 0.25) is 0 Å². The molecule has 0 atom stereocenters. The van der Waals surface area contributed by atoms with Crippen LogP contribution in [0.3, 0.4) is 0 Å². The minimum atomic E-state index is 1.01. The second-order valence-electron chi connectivity index (χ2n) is 2.72. The molecule has 0 spiro atoms. The number of rotatable bonds is 0. The first-order chi connectivity index (χ1) is 6.25. The molecule has 0 saturated heterocycles. The molecular formula is C11H15NS. The summed E-state index contributed by atoms with van der Waals surface area (Å²) in [6, 6.07) is 8.21. The number of hydrogen-bond donors (Lipinski definition) is 2. The largest absolute Gasteiger partial charge is 0.359 e. The second-order valence-corrected chi connectivity index (χ2v) is 3.24. The quantitative estimate of drug-likeness (QED) is 0.592. The van der Waals surface area contributed by atoms with Gasteiger partial charge >= 0.3 is 0 Å². The molecular weight excluding hydrogens is 178 g/mol. The van der Waals surface area contributed by atoms with Crippen LogP contribution in [0, 0.1) is 6.92 Å². The summed E-state index contributed by atoms with van der Waals surface area (Å²) in [5, 5.41) is 1.23. The summed E-state index contributed by atoms with van der Waals surface area (Å²) < 4.78 is 0. The van der Waals surface area contributed by atoms with Gasteiger partial charge in [-0.25, -0.2) is 0 Å². The molecule has 0 radical (unpaired) electrons. The van der Waals surface area contributed by atoms with E-state index in [-0.39, 0.29) is 0 Å². The van der Waals surface area contributed by atoms with Crippen molar-refractivity contribution in [2.75, 3.05) is 0 Å². The number of fused-ring (bicyclic) bond motifs is 1. The molecule has 1 aromatic carbocycles. The maximum Gasteiger partial charge on any atom is 0.0456 e. The van der Waals surface area contributed by atoms with Crippen LogP contribution < -0.4 is 0 Å². The third kappa shape index (κ3) is 2.28. The molecule has 0 aliphatic heterocycles. The number of nitrogens with one attached hydrogen (secondary N) is 1. The molecule has 2 aromatic rings. The summed E-state index contributed by atoms with van der Waals surface area (Å²) >= 11 is 4.26. The van der Waals surface area contributed by atoms with Crippen molar-refractivity contribution in [3.63, 3.8) is 0 Å². The highest BCUT2D eigenvalue weighted by Crippen LogP contribution is 2.18. The van der Waals surface area contributed by atoms with E-state index in [9.17, 15) is 0 Å². The van der Waals surface area contributed by atoms with Crippen molar-refractivity contribution in [2.24, 2.45) is 0 Å². The lowest BCUT2D eigenvalue weighted by atomic mass is 10.2. The van der Waals surface area contributed by atoms with E-state index in [0.29, 0.717) is 0 Å². The maximum atomic E-state index is 4.26. The molecule has 1 aromatic heterocycles. The number of aromatic nitrogens is 1. The van der Waals surface area contributed by atoms with E-state index in [2.05, 4.69) is 36.7 Å². The number of thiol groups is 1. The third-order valence-electron chi connectivity index (χ3n) is 1.74. The predicted octanol–water partition coefficient (Wildman–Crippen LogP) is 3.79. The van der Waals surface area contributed by atoms with E-state index in [1.807, 2.05) is 26.0 Å². The van der Waals surface area contributed by atoms with Crippen LogP contribution in [-0.2, 0) is 0 Å². The van der Waals surface area contributed by atoms with Crippen LogP contribution in [0.15, 0.2) is 29.2 Å². The fourth-order valence-corrected chi connectivity index (χ4v) is 1.48. The van der Waals surface area contributed by atoms with Crippen LogP contribution >= 0.6 is 12.6 Å². The molecule has 1 heterocycles. The molecule has 0 unspecified atom stereocenters. The number of H-pyrrole nitrogens is 1. The summed E-state index contributed by atoms with van der Waals surface area (Å²) in [6.45, 7) is 6.05. The molecule has 0 aliphatic carbocycles. The van der Waals surface area contributed by atoms with Gasteiger partial charge in [0.05, 0.1) is 0 Å². The van der Waals surface area contributed by atoms with E-state index in [4.69, 9.17) is 0 Å². The average molecular weight is 193 g/mol. The Balaban J connectivity index is 0.000000396. The van der Waals surface area contributed by atoms with Crippen LogP contribution in [0.4, 0.5) is 0 Å². The standard InChI is InChI=1S/C9H9NS.C2H6/c1-6-4-7-5-8(11)2-3-9(7)10-6;1-2/h2-5,10-11H,1H3;1-2H3. The third-order valence-corrected chi connectivity index (χ3v) is 2.02. The minimum absolute atomic E-state index is 1.01. The molecule has 13 heavy (non-hydrogen) atoms. The topological polar surface area (TPSA) is 15.8 Å². The molecule has 0 aliphatic rings. The zero-order valence-corrected chi connectivity index (χ0v) is 9.15. The SMILES string of the molecule is CC.Cc1cc2cc(S)ccc2[nH]1. The smallest absolute Gasteiger partial charge is 0.0456 e. The second kappa shape index (κ2) is 4.38. The highest BCUT2D eigenvalue weighted by atomic mass is 32.1. The normalized spacial score (nSPS) is 9.54. The molecule has 2 rings (SSSR count). The zero-order chi connectivity index (χ0) is 9.84. The van der Waals surface area contributed by atoms with Gasteiger partial charge in [-0.05, 0) is 31.2 Å². The number of aromatic amines is 1. The van der Waals surface area contributed by atoms with E-state index in [0.717, 1.165) is 4.90 Å². The summed E-state index contributed by atoms with van der Waals surface area (Å²) in [7, 11) is 0. The van der Waals surface area contributed by atoms with E-state index >= 15 is 0 Å². The van der Waals surface area contributed by atoms with Crippen molar-refractivity contribution in [1.82, 2.24) is 4.98 Å². The Hall–Kier alpha value is -0.890. The Morgan fingerprint density at radius 1 is 1.15 bits per heavy atom. The van der Waals surface area contributed by atoms with Gasteiger partial charge in [0.15, 0.2) is 0 Å². The Kier molecular flexibility index (Phi) is 3.43. The minimum Gasteiger partial charge on any atom is -0.359 e. The first-order valence-electron chi connectivity index (χ1n) is 4.54. The van der Waals surface area contributed by atoms with Crippen molar-refractivity contribution in [1.29, 1.82) is 0 Å². The van der Waals surface area contributed by atoms with Crippen LogP contribution in [0.25, 0.3) is 10.9 Å². The van der Waals surface area contributed by atoms with Crippen LogP contribution in [0.5, 0.6) is 0 Å². The van der Waals surface area contributed by atoms with E-state index < -0.39 is 0 Å². The van der Waals surface area contributed by atoms with Gasteiger partial charge in [0.2, 0.25) is 0 Å².